The first-order valence-corrected chi connectivity index (χ1v) is 8.89. The molecule has 1 amide bonds. The first-order valence-electron chi connectivity index (χ1n) is 8.01. The van der Waals surface area contributed by atoms with Gasteiger partial charge in [0.15, 0.2) is 0 Å². The fourth-order valence-corrected chi connectivity index (χ4v) is 3.66. The second-order valence-electron chi connectivity index (χ2n) is 6.38. The zero-order chi connectivity index (χ0) is 17.4. The number of amides is 1. The van der Waals surface area contributed by atoms with Gasteiger partial charge in [-0.25, -0.2) is 4.98 Å². The van der Waals surface area contributed by atoms with Gasteiger partial charge in [-0.15, -0.1) is 11.3 Å². The molecule has 6 heteroatoms. The van der Waals surface area contributed by atoms with Gasteiger partial charge in [-0.3, -0.25) is 9.48 Å². The Balaban J connectivity index is 1.84. The van der Waals surface area contributed by atoms with Crippen LogP contribution in [-0.2, 0) is 6.54 Å². The van der Waals surface area contributed by atoms with Crippen LogP contribution in [0.2, 0.25) is 0 Å². The molecule has 0 aliphatic heterocycles. The highest BCUT2D eigenvalue weighted by Gasteiger charge is 2.19. The summed E-state index contributed by atoms with van der Waals surface area (Å²) >= 11 is 1.55. The summed E-state index contributed by atoms with van der Waals surface area (Å²) in [5.41, 5.74) is 6.66. The highest BCUT2D eigenvalue weighted by molar-refractivity contribution is 7.16. The Bertz CT molecular complexity index is 894. The number of carbonyl (C=O) groups excluding carboxylic acids is 1. The molecule has 0 unspecified atom stereocenters. The molecule has 2 aromatic heterocycles. The van der Waals surface area contributed by atoms with Gasteiger partial charge in [-0.1, -0.05) is 0 Å². The molecule has 5 nitrogen and oxygen atoms in total. The Hall–Kier alpha value is -2.21. The van der Waals surface area contributed by atoms with Gasteiger partial charge in [0.05, 0.1) is 21.4 Å². The van der Waals surface area contributed by atoms with E-state index in [1.165, 1.54) is 0 Å². The number of carbonyl (C=O) groups is 1. The largest absolute Gasteiger partial charge is 0.337 e. The molecule has 2 heterocycles. The summed E-state index contributed by atoms with van der Waals surface area (Å²) in [5, 5.41) is 4.60. The number of thiazole rings is 1. The monoisotopic (exact) mass is 342 g/mol. The minimum Gasteiger partial charge on any atom is -0.337 e. The summed E-state index contributed by atoms with van der Waals surface area (Å²) in [6, 6.07) is 5.98. The predicted octanol–water partition coefficient (Wildman–Crippen LogP) is 3.96. The van der Waals surface area contributed by atoms with Crippen molar-refractivity contribution in [2.45, 2.75) is 40.3 Å². The number of nitrogens with zero attached hydrogens (tertiary/aromatic N) is 4. The van der Waals surface area contributed by atoms with Crippen LogP contribution in [-0.4, -0.2) is 32.6 Å². The fourth-order valence-electron chi connectivity index (χ4n) is 2.95. The molecule has 0 saturated carbocycles. The van der Waals surface area contributed by atoms with Crippen molar-refractivity contribution in [3.05, 3.63) is 46.2 Å². The molecule has 0 atom stereocenters. The van der Waals surface area contributed by atoms with Gasteiger partial charge in [0.25, 0.3) is 5.91 Å². The smallest absolute Gasteiger partial charge is 0.253 e. The Morgan fingerprint density at radius 3 is 2.75 bits per heavy atom. The maximum absolute atomic E-state index is 12.8. The molecule has 0 aliphatic rings. The molecule has 0 aliphatic carbocycles. The van der Waals surface area contributed by atoms with E-state index in [1.807, 2.05) is 36.9 Å². The van der Waals surface area contributed by atoms with Crippen LogP contribution in [0.1, 0.15) is 47.2 Å². The lowest BCUT2D eigenvalue weighted by Crippen LogP contribution is -2.26. The van der Waals surface area contributed by atoms with Gasteiger partial charge in [0, 0.05) is 36.5 Å². The van der Waals surface area contributed by atoms with E-state index in [1.54, 1.807) is 21.7 Å². The number of aromatic nitrogens is 3. The summed E-state index contributed by atoms with van der Waals surface area (Å²) in [6.45, 7) is 8.86. The van der Waals surface area contributed by atoms with Crippen molar-refractivity contribution in [3.63, 3.8) is 0 Å². The Morgan fingerprint density at radius 1 is 1.33 bits per heavy atom. The normalized spacial score (nSPS) is 11.4. The van der Waals surface area contributed by atoms with Crippen molar-refractivity contribution < 1.29 is 4.79 Å². The molecule has 126 valence electrons. The summed E-state index contributed by atoms with van der Waals surface area (Å²) in [4.78, 5) is 18.8. The molecule has 3 aromatic rings. The number of aryl methyl sites for hydroxylation is 1. The number of hydrogen-bond acceptors (Lipinski definition) is 4. The van der Waals surface area contributed by atoms with E-state index in [9.17, 15) is 4.79 Å². The van der Waals surface area contributed by atoms with E-state index in [0.29, 0.717) is 18.2 Å². The van der Waals surface area contributed by atoms with E-state index < -0.39 is 0 Å². The second-order valence-corrected chi connectivity index (χ2v) is 7.27. The van der Waals surface area contributed by atoms with Crippen LogP contribution < -0.4 is 0 Å². The van der Waals surface area contributed by atoms with Crippen LogP contribution in [0, 0.1) is 13.8 Å². The van der Waals surface area contributed by atoms with Gasteiger partial charge in [0.1, 0.15) is 0 Å². The van der Waals surface area contributed by atoms with Crippen molar-refractivity contribution in [2.24, 2.45) is 0 Å². The number of benzene rings is 1. The SMILES string of the molecule is Cc1nn(C(C)C)c(C)c1CN(C)C(=O)c1ccc2ncsc2c1. The summed E-state index contributed by atoms with van der Waals surface area (Å²) < 4.78 is 3.06. The third kappa shape index (κ3) is 2.94. The molecule has 24 heavy (non-hydrogen) atoms. The van der Waals surface area contributed by atoms with Crippen molar-refractivity contribution in [3.8, 4) is 0 Å². The van der Waals surface area contributed by atoms with Gasteiger partial charge < -0.3 is 4.90 Å². The Labute approximate surface area is 145 Å². The van der Waals surface area contributed by atoms with E-state index in [-0.39, 0.29) is 5.91 Å². The van der Waals surface area contributed by atoms with Gasteiger partial charge in [-0.05, 0) is 45.9 Å². The average Bonchev–Trinajstić information content (AvgIpc) is 3.12. The molecular formula is C18H22N4OS. The third-order valence-electron chi connectivity index (χ3n) is 4.28. The fraction of sp³-hybridized carbons (Fsp3) is 0.389. The van der Waals surface area contributed by atoms with E-state index in [4.69, 9.17) is 0 Å². The molecule has 1 aromatic carbocycles. The lowest BCUT2D eigenvalue weighted by Gasteiger charge is -2.18. The minimum absolute atomic E-state index is 0.0152. The quantitative estimate of drug-likeness (QED) is 0.721. The first kappa shape index (κ1) is 16.6. The standard InChI is InChI=1S/C18H22N4OS/c1-11(2)22-13(4)15(12(3)20-22)9-21(5)18(23)14-6-7-16-17(8-14)24-10-19-16/h6-8,10-11H,9H2,1-5H3. The molecule has 0 radical (unpaired) electrons. The topological polar surface area (TPSA) is 51.0 Å². The van der Waals surface area contributed by atoms with Crippen LogP contribution in [0.4, 0.5) is 0 Å². The van der Waals surface area contributed by atoms with Crippen molar-refractivity contribution in [1.29, 1.82) is 0 Å². The van der Waals surface area contributed by atoms with E-state index >= 15 is 0 Å². The van der Waals surface area contributed by atoms with Crippen molar-refractivity contribution in [1.82, 2.24) is 19.7 Å². The van der Waals surface area contributed by atoms with Crippen LogP contribution in [0.15, 0.2) is 23.7 Å². The first-order chi connectivity index (χ1) is 11.4. The van der Waals surface area contributed by atoms with E-state index in [0.717, 1.165) is 27.2 Å². The molecule has 0 N–H and O–H groups in total. The molecule has 0 bridgehead atoms. The predicted molar refractivity (Wildman–Crippen MR) is 97.5 cm³/mol. The Kier molecular flexibility index (Phi) is 4.41. The molecule has 0 saturated heterocycles. The maximum Gasteiger partial charge on any atom is 0.253 e. The highest BCUT2D eigenvalue weighted by atomic mass is 32.1. The van der Waals surface area contributed by atoms with Crippen LogP contribution in [0.5, 0.6) is 0 Å². The number of fused-ring (bicyclic) bond motifs is 1. The van der Waals surface area contributed by atoms with Crippen LogP contribution in [0.3, 0.4) is 0 Å². The van der Waals surface area contributed by atoms with Crippen molar-refractivity contribution in [2.75, 3.05) is 7.05 Å². The summed E-state index contributed by atoms with van der Waals surface area (Å²) in [5.74, 6) is 0.0152. The maximum atomic E-state index is 12.8. The van der Waals surface area contributed by atoms with Gasteiger partial charge in [-0.2, -0.15) is 5.10 Å². The zero-order valence-electron chi connectivity index (χ0n) is 14.7. The summed E-state index contributed by atoms with van der Waals surface area (Å²) in [6.07, 6.45) is 0. The van der Waals surface area contributed by atoms with Crippen molar-refractivity contribution >= 4 is 27.5 Å². The Morgan fingerprint density at radius 2 is 2.08 bits per heavy atom. The lowest BCUT2D eigenvalue weighted by atomic mass is 10.1. The van der Waals surface area contributed by atoms with E-state index in [2.05, 4.69) is 30.9 Å². The number of rotatable bonds is 4. The highest BCUT2D eigenvalue weighted by Crippen LogP contribution is 2.22. The molecule has 3 rings (SSSR count). The molecular weight excluding hydrogens is 320 g/mol. The molecule has 0 fully saturated rings. The molecule has 0 spiro atoms. The van der Waals surface area contributed by atoms with Crippen LogP contribution >= 0.6 is 11.3 Å². The lowest BCUT2D eigenvalue weighted by molar-refractivity contribution is 0.0785. The zero-order valence-corrected chi connectivity index (χ0v) is 15.5. The van der Waals surface area contributed by atoms with Gasteiger partial charge >= 0.3 is 0 Å². The second kappa shape index (κ2) is 6.36. The minimum atomic E-state index is 0.0152. The average molecular weight is 342 g/mol. The number of hydrogen-bond donors (Lipinski definition) is 0. The third-order valence-corrected chi connectivity index (χ3v) is 5.08. The van der Waals surface area contributed by atoms with Gasteiger partial charge in [0.2, 0.25) is 0 Å². The summed E-state index contributed by atoms with van der Waals surface area (Å²) in [7, 11) is 1.84. The van der Waals surface area contributed by atoms with Crippen LogP contribution in [0.25, 0.3) is 10.2 Å².